The van der Waals surface area contributed by atoms with Gasteiger partial charge >= 0.3 is 0 Å². The van der Waals surface area contributed by atoms with E-state index in [0.29, 0.717) is 12.5 Å². The molecule has 0 aromatic heterocycles. The molecule has 98 valence electrons. The molecule has 4 heteroatoms. The first-order valence-electron chi connectivity index (χ1n) is 6.80. The smallest absolute Gasteiger partial charge is 0.0866 e. The van der Waals surface area contributed by atoms with Crippen molar-refractivity contribution >= 4 is 6.21 Å². The van der Waals surface area contributed by atoms with Gasteiger partial charge in [0.1, 0.15) is 0 Å². The average Bonchev–Trinajstić information content (AvgIpc) is 2.57. The summed E-state index contributed by atoms with van der Waals surface area (Å²) in [6, 6.07) is 2.23. The molecule has 2 aliphatic rings. The van der Waals surface area contributed by atoms with Gasteiger partial charge in [0.15, 0.2) is 0 Å². The molecular formula is C14H22N4. The van der Waals surface area contributed by atoms with Crippen LogP contribution in [0.5, 0.6) is 0 Å². The van der Waals surface area contributed by atoms with Gasteiger partial charge in [-0.25, -0.2) is 0 Å². The first kappa shape index (κ1) is 13.3. The average molecular weight is 246 g/mol. The van der Waals surface area contributed by atoms with Crippen LogP contribution in [0.4, 0.5) is 0 Å². The molecule has 1 fully saturated rings. The minimum Gasteiger partial charge on any atom is -0.300 e. The van der Waals surface area contributed by atoms with Crippen LogP contribution in [0.1, 0.15) is 19.8 Å². The molecule has 2 heterocycles. The fourth-order valence-electron chi connectivity index (χ4n) is 2.56. The molecule has 0 amide bonds. The zero-order chi connectivity index (χ0) is 12.8. The number of aliphatic imine (C=N–C) groups is 1. The predicted molar refractivity (Wildman–Crippen MR) is 73.5 cm³/mol. The molecule has 2 aliphatic heterocycles. The maximum Gasteiger partial charge on any atom is 0.0866 e. The molecule has 0 N–H and O–H groups in total. The monoisotopic (exact) mass is 246 g/mol. The topological polar surface area (TPSA) is 42.6 Å². The number of rotatable bonds is 3. The van der Waals surface area contributed by atoms with Crippen molar-refractivity contribution in [2.75, 3.05) is 39.3 Å². The van der Waals surface area contributed by atoms with E-state index in [0.717, 1.165) is 44.8 Å². The molecule has 0 bridgehead atoms. The van der Waals surface area contributed by atoms with Gasteiger partial charge in [0.05, 0.1) is 12.6 Å². The first-order valence-corrected chi connectivity index (χ1v) is 6.80. The molecule has 0 radical (unpaired) electrons. The third-order valence-corrected chi connectivity index (χ3v) is 3.72. The largest absolute Gasteiger partial charge is 0.300 e. The van der Waals surface area contributed by atoms with Crippen molar-refractivity contribution in [1.82, 2.24) is 9.80 Å². The van der Waals surface area contributed by atoms with Crippen molar-refractivity contribution in [3.05, 3.63) is 11.8 Å². The molecule has 0 saturated carbocycles. The molecule has 2 rings (SSSR count). The lowest BCUT2D eigenvalue weighted by atomic mass is 10.0. The van der Waals surface area contributed by atoms with Crippen LogP contribution in [0.25, 0.3) is 0 Å². The Kier molecular flexibility index (Phi) is 4.91. The highest BCUT2D eigenvalue weighted by Crippen LogP contribution is 2.14. The summed E-state index contributed by atoms with van der Waals surface area (Å²) < 4.78 is 0. The molecule has 18 heavy (non-hydrogen) atoms. The third-order valence-electron chi connectivity index (χ3n) is 3.72. The van der Waals surface area contributed by atoms with Gasteiger partial charge in [0, 0.05) is 50.6 Å². The van der Waals surface area contributed by atoms with Crippen LogP contribution >= 0.6 is 0 Å². The summed E-state index contributed by atoms with van der Waals surface area (Å²) in [4.78, 5) is 9.20. The number of piperazine rings is 1. The van der Waals surface area contributed by atoms with Crippen LogP contribution < -0.4 is 0 Å². The predicted octanol–water partition coefficient (Wildman–Crippen LogP) is 1.51. The van der Waals surface area contributed by atoms with Gasteiger partial charge in [0.2, 0.25) is 0 Å². The van der Waals surface area contributed by atoms with Crippen LogP contribution in [0.15, 0.2) is 16.8 Å². The van der Waals surface area contributed by atoms with Gasteiger partial charge in [-0.2, -0.15) is 5.26 Å². The first-order chi connectivity index (χ1) is 8.78. The van der Waals surface area contributed by atoms with Crippen LogP contribution in [0, 0.1) is 17.2 Å². The summed E-state index contributed by atoms with van der Waals surface area (Å²) in [6.07, 6.45) is 6.70. The number of allylic oxidation sites excluding steroid dienone is 2. The van der Waals surface area contributed by atoms with Crippen molar-refractivity contribution in [3.63, 3.8) is 0 Å². The van der Waals surface area contributed by atoms with Crippen molar-refractivity contribution in [2.24, 2.45) is 10.9 Å². The lowest BCUT2D eigenvalue weighted by Gasteiger charge is -2.34. The maximum absolute atomic E-state index is 8.67. The van der Waals surface area contributed by atoms with Crippen molar-refractivity contribution in [2.45, 2.75) is 19.8 Å². The molecule has 4 nitrogen and oxygen atoms in total. The van der Waals surface area contributed by atoms with E-state index in [9.17, 15) is 0 Å². The Balaban J connectivity index is 1.75. The number of hydrogen-bond acceptors (Lipinski definition) is 4. The minimum atomic E-state index is 0.571. The van der Waals surface area contributed by atoms with E-state index in [2.05, 4.69) is 40.1 Å². The zero-order valence-electron chi connectivity index (χ0n) is 11.2. The summed E-state index contributed by atoms with van der Waals surface area (Å²) in [6.45, 7) is 7.96. The highest BCUT2D eigenvalue weighted by atomic mass is 15.3. The second-order valence-corrected chi connectivity index (χ2v) is 5.20. The van der Waals surface area contributed by atoms with Gasteiger partial charge in [0.25, 0.3) is 0 Å². The molecule has 0 spiro atoms. The fourth-order valence-corrected chi connectivity index (χ4v) is 2.56. The fraction of sp³-hybridized carbons (Fsp3) is 0.714. The van der Waals surface area contributed by atoms with E-state index in [1.54, 1.807) is 0 Å². The van der Waals surface area contributed by atoms with Crippen LogP contribution in [-0.4, -0.2) is 55.3 Å². The third kappa shape index (κ3) is 3.94. The molecule has 1 atom stereocenters. The Hall–Kier alpha value is -1.18. The second-order valence-electron chi connectivity index (χ2n) is 5.20. The highest BCUT2D eigenvalue weighted by Gasteiger charge is 2.19. The number of nitrogens with zero attached hydrogens (tertiary/aromatic N) is 4. The Morgan fingerprint density at radius 2 is 2.06 bits per heavy atom. The van der Waals surface area contributed by atoms with Gasteiger partial charge in [-0.1, -0.05) is 6.08 Å². The molecule has 0 aromatic carbocycles. The van der Waals surface area contributed by atoms with E-state index >= 15 is 0 Å². The quantitative estimate of drug-likeness (QED) is 0.709. The van der Waals surface area contributed by atoms with Crippen molar-refractivity contribution < 1.29 is 0 Å². The number of hydrogen-bond donors (Lipinski definition) is 0. The van der Waals surface area contributed by atoms with E-state index in [-0.39, 0.29) is 0 Å². The van der Waals surface area contributed by atoms with Gasteiger partial charge in [-0.3, -0.25) is 9.89 Å². The SMILES string of the molecule is CC1=CCCC(CN2CCN(CC#N)CC2)C=N1. The Labute approximate surface area is 110 Å². The van der Waals surface area contributed by atoms with E-state index in [4.69, 9.17) is 5.26 Å². The molecule has 0 aliphatic carbocycles. The molecular weight excluding hydrogens is 224 g/mol. The molecule has 0 aromatic rings. The summed E-state index contributed by atoms with van der Waals surface area (Å²) in [5.74, 6) is 0.584. The van der Waals surface area contributed by atoms with E-state index in [1.807, 2.05) is 0 Å². The lowest BCUT2D eigenvalue weighted by molar-refractivity contribution is 0.135. The normalized spacial score (nSPS) is 26.4. The molecule has 1 saturated heterocycles. The van der Waals surface area contributed by atoms with Crippen LogP contribution in [0.3, 0.4) is 0 Å². The van der Waals surface area contributed by atoms with Crippen LogP contribution in [-0.2, 0) is 0 Å². The Bertz CT molecular complexity index is 358. The zero-order valence-corrected chi connectivity index (χ0v) is 11.2. The summed E-state index contributed by atoms with van der Waals surface area (Å²) in [5.41, 5.74) is 1.15. The van der Waals surface area contributed by atoms with Gasteiger partial charge in [-0.05, 0) is 19.8 Å². The van der Waals surface area contributed by atoms with Crippen molar-refractivity contribution in [1.29, 1.82) is 5.26 Å². The lowest BCUT2D eigenvalue weighted by Crippen LogP contribution is -2.47. The van der Waals surface area contributed by atoms with E-state index in [1.165, 1.54) is 6.42 Å². The maximum atomic E-state index is 8.67. The van der Waals surface area contributed by atoms with Crippen LogP contribution in [0.2, 0.25) is 0 Å². The highest BCUT2D eigenvalue weighted by molar-refractivity contribution is 5.63. The number of nitriles is 1. The Morgan fingerprint density at radius 1 is 1.33 bits per heavy atom. The standard InChI is InChI=1S/C14H22N4/c1-13-3-2-4-14(11-16-13)12-18-9-7-17(6-5-15)8-10-18/h3,11,14H,2,4,6-10,12H2,1H3. The summed E-state index contributed by atoms with van der Waals surface area (Å²) in [7, 11) is 0. The second kappa shape index (κ2) is 6.67. The van der Waals surface area contributed by atoms with E-state index < -0.39 is 0 Å². The summed E-state index contributed by atoms with van der Waals surface area (Å²) >= 11 is 0. The van der Waals surface area contributed by atoms with Crippen molar-refractivity contribution in [3.8, 4) is 6.07 Å². The van der Waals surface area contributed by atoms with Gasteiger partial charge in [-0.15, -0.1) is 0 Å². The Morgan fingerprint density at radius 3 is 2.78 bits per heavy atom. The molecule has 1 unspecified atom stereocenters. The van der Waals surface area contributed by atoms with Gasteiger partial charge < -0.3 is 4.90 Å². The minimum absolute atomic E-state index is 0.571. The summed E-state index contributed by atoms with van der Waals surface area (Å²) in [5, 5.41) is 8.67.